The number of rotatable bonds is 3. The minimum Gasteiger partial charge on any atom is -0.366 e. The van der Waals surface area contributed by atoms with Crippen LogP contribution in [0.25, 0.3) is 10.9 Å². The number of hydrogen-bond donors (Lipinski definition) is 2. The van der Waals surface area contributed by atoms with E-state index >= 15 is 0 Å². The van der Waals surface area contributed by atoms with Crippen molar-refractivity contribution in [3.8, 4) is 0 Å². The van der Waals surface area contributed by atoms with Gasteiger partial charge in [0.15, 0.2) is 0 Å². The Labute approximate surface area is 167 Å². The molecule has 2 aromatic carbocycles. The monoisotopic (exact) mass is 390 g/mol. The number of hydrogen-bond acceptors (Lipinski definition) is 4. The quantitative estimate of drug-likeness (QED) is 0.717. The number of fused-ring (bicyclic) bond motifs is 2. The first-order chi connectivity index (χ1) is 14.0. The first-order valence-corrected chi connectivity index (χ1v) is 9.77. The zero-order chi connectivity index (χ0) is 20.4. The third-order valence-corrected chi connectivity index (χ3v) is 5.26. The smallest absolute Gasteiger partial charge is 0.261 e. The SMILES string of the molecule is NC(=O)c1ccc(NC(=O)c2ccc3c(=O)n4c(nc3c2)CCCCCC4)cc1. The molecule has 7 nitrogen and oxygen atoms in total. The van der Waals surface area contributed by atoms with Gasteiger partial charge in [0, 0.05) is 29.8 Å². The van der Waals surface area contributed by atoms with Crippen LogP contribution in [-0.2, 0) is 13.0 Å². The van der Waals surface area contributed by atoms with Crippen LogP contribution in [0.2, 0.25) is 0 Å². The van der Waals surface area contributed by atoms with Crippen molar-refractivity contribution in [3.63, 3.8) is 0 Å². The summed E-state index contributed by atoms with van der Waals surface area (Å²) in [6.07, 6.45) is 5.04. The van der Waals surface area contributed by atoms with Gasteiger partial charge in [-0.05, 0) is 55.3 Å². The van der Waals surface area contributed by atoms with Crippen LogP contribution in [0.15, 0.2) is 47.3 Å². The summed E-state index contributed by atoms with van der Waals surface area (Å²) in [6.45, 7) is 0.695. The van der Waals surface area contributed by atoms with Gasteiger partial charge >= 0.3 is 0 Å². The largest absolute Gasteiger partial charge is 0.366 e. The number of amides is 2. The first kappa shape index (κ1) is 18.9. The van der Waals surface area contributed by atoms with E-state index in [1.54, 1.807) is 47.0 Å². The van der Waals surface area contributed by atoms with Gasteiger partial charge in [-0.3, -0.25) is 19.0 Å². The van der Waals surface area contributed by atoms with Gasteiger partial charge in [0.25, 0.3) is 11.5 Å². The average molecular weight is 390 g/mol. The molecule has 1 aliphatic rings. The van der Waals surface area contributed by atoms with E-state index in [1.807, 2.05) is 0 Å². The van der Waals surface area contributed by atoms with E-state index in [-0.39, 0.29) is 11.5 Å². The highest BCUT2D eigenvalue weighted by atomic mass is 16.2. The van der Waals surface area contributed by atoms with Gasteiger partial charge in [0.2, 0.25) is 5.91 Å². The summed E-state index contributed by atoms with van der Waals surface area (Å²) in [4.78, 5) is 41.4. The molecule has 1 aliphatic heterocycles. The predicted molar refractivity (Wildman–Crippen MR) is 111 cm³/mol. The molecule has 0 spiro atoms. The van der Waals surface area contributed by atoms with Crippen molar-refractivity contribution in [3.05, 3.63) is 69.8 Å². The highest BCUT2D eigenvalue weighted by molar-refractivity contribution is 6.06. The van der Waals surface area contributed by atoms with Crippen LogP contribution in [0.1, 0.15) is 52.2 Å². The molecule has 0 fully saturated rings. The van der Waals surface area contributed by atoms with Gasteiger partial charge in [0.1, 0.15) is 5.82 Å². The second kappa shape index (κ2) is 7.87. The molecule has 4 rings (SSSR count). The summed E-state index contributed by atoms with van der Waals surface area (Å²) < 4.78 is 1.78. The molecule has 2 heterocycles. The van der Waals surface area contributed by atoms with Crippen molar-refractivity contribution < 1.29 is 9.59 Å². The number of primary amides is 1. The molecule has 2 amide bonds. The summed E-state index contributed by atoms with van der Waals surface area (Å²) in [5.41, 5.74) is 7.06. The van der Waals surface area contributed by atoms with E-state index in [9.17, 15) is 14.4 Å². The maximum absolute atomic E-state index is 12.9. The first-order valence-electron chi connectivity index (χ1n) is 9.77. The fraction of sp³-hybridized carbons (Fsp3) is 0.273. The van der Waals surface area contributed by atoms with Crippen LogP contribution in [0.4, 0.5) is 5.69 Å². The summed E-state index contributed by atoms with van der Waals surface area (Å²) in [5, 5.41) is 3.31. The number of carbonyl (C=O) groups excluding carboxylic acids is 2. The van der Waals surface area contributed by atoms with Crippen molar-refractivity contribution in [1.82, 2.24) is 9.55 Å². The fourth-order valence-corrected chi connectivity index (χ4v) is 3.66. The molecule has 0 atom stereocenters. The van der Waals surface area contributed by atoms with Crippen molar-refractivity contribution in [2.75, 3.05) is 5.32 Å². The van der Waals surface area contributed by atoms with E-state index in [4.69, 9.17) is 10.7 Å². The van der Waals surface area contributed by atoms with Gasteiger partial charge in [0.05, 0.1) is 10.9 Å². The molecule has 1 aromatic heterocycles. The molecule has 29 heavy (non-hydrogen) atoms. The lowest BCUT2D eigenvalue weighted by Crippen LogP contribution is -2.26. The maximum atomic E-state index is 12.9. The van der Waals surface area contributed by atoms with Crippen molar-refractivity contribution >= 4 is 28.4 Å². The van der Waals surface area contributed by atoms with Crippen molar-refractivity contribution in [2.24, 2.45) is 5.73 Å². The van der Waals surface area contributed by atoms with Crippen LogP contribution in [0.5, 0.6) is 0 Å². The van der Waals surface area contributed by atoms with Crippen LogP contribution in [-0.4, -0.2) is 21.4 Å². The molecule has 0 bridgehead atoms. The Morgan fingerprint density at radius 2 is 1.69 bits per heavy atom. The minimum atomic E-state index is -0.524. The molecular formula is C22H22N4O3. The van der Waals surface area contributed by atoms with Gasteiger partial charge < -0.3 is 11.1 Å². The number of nitrogens with zero attached hydrogens (tertiary/aromatic N) is 2. The van der Waals surface area contributed by atoms with Crippen LogP contribution in [0.3, 0.4) is 0 Å². The van der Waals surface area contributed by atoms with E-state index in [2.05, 4.69) is 5.32 Å². The molecule has 3 N–H and O–H groups in total. The van der Waals surface area contributed by atoms with Crippen molar-refractivity contribution in [2.45, 2.75) is 38.6 Å². The van der Waals surface area contributed by atoms with Crippen LogP contribution in [0, 0.1) is 0 Å². The zero-order valence-electron chi connectivity index (χ0n) is 16.0. The second-order valence-corrected chi connectivity index (χ2v) is 7.28. The van der Waals surface area contributed by atoms with Crippen LogP contribution < -0.4 is 16.6 Å². The molecule has 148 valence electrons. The minimum absolute atomic E-state index is 0.0408. The van der Waals surface area contributed by atoms with Gasteiger partial charge in [-0.1, -0.05) is 12.8 Å². The third-order valence-electron chi connectivity index (χ3n) is 5.26. The van der Waals surface area contributed by atoms with E-state index in [1.165, 1.54) is 0 Å². The normalized spacial score (nSPS) is 13.9. The summed E-state index contributed by atoms with van der Waals surface area (Å²) in [6, 6.07) is 11.3. The number of nitrogens with one attached hydrogen (secondary N) is 1. The number of aryl methyl sites for hydroxylation is 1. The topological polar surface area (TPSA) is 107 Å². The second-order valence-electron chi connectivity index (χ2n) is 7.28. The van der Waals surface area contributed by atoms with Gasteiger partial charge in [-0.25, -0.2) is 4.98 Å². The molecule has 0 saturated heterocycles. The molecule has 7 heteroatoms. The zero-order valence-corrected chi connectivity index (χ0v) is 16.0. The van der Waals surface area contributed by atoms with Crippen LogP contribution >= 0.6 is 0 Å². The van der Waals surface area contributed by atoms with E-state index in [0.29, 0.717) is 34.3 Å². The molecular weight excluding hydrogens is 368 g/mol. The standard InChI is InChI=1S/C22H22N4O3/c23-20(27)14-6-9-16(10-7-14)24-21(28)15-8-11-17-18(13-15)25-19-5-3-1-2-4-12-26(19)22(17)29/h6-11,13H,1-5,12H2,(H2,23,27)(H,24,28). The number of benzene rings is 2. The highest BCUT2D eigenvalue weighted by Gasteiger charge is 2.15. The molecule has 0 radical (unpaired) electrons. The summed E-state index contributed by atoms with van der Waals surface area (Å²) in [7, 11) is 0. The number of anilines is 1. The lowest BCUT2D eigenvalue weighted by atomic mass is 10.1. The summed E-state index contributed by atoms with van der Waals surface area (Å²) in [5.74, 6) is -0.0428. The lowest BCUT2D eigenvalue weighted by molar-refractivity contribution is 0.0998. The number of aromatic nitrogens is 2. The Kier molecular flexibility index (Phi) is 5.12. The lowest BCUT2D eigenvalue weighted by Gasteiger charge is -2.16. The Morgan fingerprint density at radius 1 is 0.966 bits per heavy atom. The van der Waals surface area contributed by atoms with E-state index in [0.717, 1.165) is 37.9 Å². The summed E-state index contributed by atoms with van der Waals surface area (Å²) >= 11 is 0. The molecule has 0 saturated carbocycles. The van der Waals surface area contributed by atoms with Gasteiger partial charge in [-0.15, -0.1) is 0 Å². The maximum Gasteiger partial charge on any atom is 0.261 e. The molecule has 0 aliphatic carbocycles. The Balaban J connectivity index is 1.64. The fourth-order valence-electron chi connectivity index (χ4n) is 3.66. The number of nitrogens with two attached hydrogens (primary N) is 1. The van der Waals surface area contributed by atoms with Gasteiger partial charge in [-0.2, -0.15) is 0 Å². The molecule has 0 unspecified atom stereocenters. The predicted octanol–water partition coefficient (Wildman–Crippen LogP) is 2.86. The van der Waals surface area contributed by atoms with Crippen molar-refractivity contribution in [1.29, 1.82) is 0 Å². The Bertz CT molecular complexity index is 1150. The highest BCUT2D eigenvalue weighted by Crippen LogP contribution is 2.17. The van der Waals surface area contributed by atoms with E-state index < -0.39 is 5.91 Å². The Morgan fingerprint density at radius 3 is 2.45 bits per heavy atom. The number of carbonyl (C=O) groups is 2. The Hall–Kier alpha value is -3.48. The average Bonchev–Trinajstić information content (AvgIpc) is 2.69. The third kappa shape index (κ3) is 3.89. The molecule has 3 aromatic rings.